The highest BCUT2D eigenvalue weighted by atomic mass is 19.4. The van der Waals surface area contributed by atoms with Crippen molar-refractivity contribution < 1.29 is 18.3 Å². The molecule has 0 radical (unpaired) electrons. The molecule has 0 saturated heterocycles. The molecule has 0 spiro atoms. The Hall–Kier alpha value is -1.37. The Balaban J connectivity index is 2.55. The number of nitrogens with zero attached hydrogens (tertiary/aromatic N) is 2. The monoisotopic (exact) mass is 221 g/mol. The van der Waals surface area contributed by atoms with Gasteiger partial charge in [0, 0.05) is 12.4 Å². The lowest BCUT2D eigenvalue weighted by Crippen LogP contribution is -2.35. The van der Waals surface area contributed by atoms with E-state index in [2.05, 4.69) is 15.3 Å². The van der Waals surface area contributed by atoms with Crippen molar-refractivity contribution in [3.8, 4) is 0 Å². The molecule has 1 aromatic heterocycles. The lowest BCUT2D eigenvalue weighted by Gasteiger charge is -2.15. The Morgan fingerprint density at radius 2 is 2.00 bits per heavy atom. The van der Waals surface area contributed by atoms with Gasteiger partial charge in [0.2, 0.25) is 0 Å². The highest BCUT2D eigenvalue weighted by Gasteiger charge is 2.37. The summed E-state index contributed by atoms with van der Waals surface area (Å²) < 4.78 is 35.8. The van der Waals surface area contributed by atoms with Crippen LogP contribution in [-0.2, 0) is 0 Å². The zero-order valence-electron chi connectivity index (χ0n) is 7.91. The second-order valence-electron chi connectivity index (χ2n) is 2.93. The number of aliphatic hydroxyl groups excluding tert-OH is 1. The van der Waals surface area contributed by atoms with Crippen LogP contribution in [0.5, 0.6) is 0 Å². The van der Waals surface area contributed by atoms with Gasteiger partial charge in [-0.15, -0.1) is 0 Å². The smallest absolute Gasteiger partial charge is 0.382 e. The van der Waals surface area contributed by atoms with E-state index >= 15 is 0 Å². The summed E-state index contributed by atoms with van der Waals surface area (Å²) in [6, 6.07) is 0. The molecule has 1 unspecified atom stereocenters. The van der Waals surface area contributed by atoms with Crippen molar-refractivity contribution >= 4 is 5.82 Å². The molecule has 2 N–H and O–H groups in total. The van der Waals surface area contributed by atoms with Crippen molar-refractivity contribution in [2.24, 2.45) is 0 Å². The number of rotatable bonds is 3. The van der Waals surface area contributed by atoms with Crippen molar-refractivity contribution in [2.45, 2.75) is 19.2 Å². The predicted octanol–water partition coefficient (Wildman–Crippen LogP) is 1.12. The minimum Gasteiger partial charge on any atom is -0.382 e. The molecule has 84 valence electrons. The van der Waals surface area contributed by atoms with Gasteiger partial charge in [-0.25, -0.2) is 4.98 Å². The van der Waals surface area contributed by atoms with E-state index in [9.17, 15) is 13.2 Å². The molecule has 1 atom stereocenters. The van der Waals surface area contributed by atoms with Gasteiger partial charge in [-0.1, -0.05) is 0 Å². The van der Waals surface area contributed by atoms with Gasteiger partial charge in [-0.05, 0) is 6.92 Å². The van der Waals surface area contributed by atoms with Crippen LogP contribution in [-0.4, -0.2) is 33.9 Å². The topological polar surface area (TPSA) is 58.0 Å². The van der Waals surface area contributed by atoms with Gasteiger partial charge in [-0.2, -0.15) is 13.2 Å². The van der Waals surface area contributed by atoms with Gasteiger partial charge >= 0.3 is 6.18 Å². The Morgan fingerprint density at radius 1 is 1.40 bits per heavy atom. The summed E-state index contributed by atoms with van der Waals surface area (Å²) >= 11 is 0. The summed E-state index contributed by atoms with van der Waals surface area (Å²) in [5.74, 6) is 0.237. The average molecular weight is 221 g/mol. The maximum Gasteiger partial charge on any atom is 0.416 e. The molecule has 0 amide bonds. The lowest BCUT2D eigenvalue weighted by atomic mass is 10.3. The molecule has 4 nitrogen and oxygen atoms in total. The predicted molar refractivity (Wildman–Crippen MR) is 47.3 cm³/mol. The number of hydrogen-bond donors (Lipinski definition) is 2. The third-order valence-electron chi connectivity index (χ3n) is 1.72. The first-order valence-electron chi connectivity index (χ1n) is 4.17. The Bertz CT molecular complexity index is 329. The van der Waals surface area contributed by atoms with Gasteiger partial charge in [0.15, 0.2) is 6.10 Å². The molecule has 0 saturated carbocycles. The number of aromatic nitrogens is 2. The summed E-state index contributed by atoms with van der Waals surface area (Å²) in [4.78, 5) is 7.61. The molecule has 0 bridgehead atoms. The van der Waals surface area contributed by atoms with Crippen LogP contribution >= 0.6 is 0 Å². The van der Waals surface area contributed by atoms with Gasteiger partial charge in [0.25, 0.3) is 0 Å². The fraction of sp³-hybridized carbons (Fsp3) is 0.500. The quantitative estimate of drug-likeness (QED) is 0.803. The van der Waals surface area contributed by atoms with Crippen molar-refractivity contribution in [3.63, 3.8) is 0 Å². The van der Waals surface area contributed by atoms with Crippen LogP contribution in [0.4, 0.5) is 19.0 Å². The molecular weight excluding hydrogens is 211 g/mol. The average Bonchev–Trinajstić information content (AvgIpc) is 2.14. The molecule has 0 fully saturated rings. The number of hydrogen-bond acceptors (Lipinski definition) is 4. The van der Waals surface area contributed by atoms with Crippen LogP contribution in [0.2, 0.25) is 0 Å². The molecule has 1 aromatic rings. The number of aliphatic hydroxyl groups is 1. The first-order valence-corrected chi connectivity index (χ1v) is 4.17. The van der Waals surface area contributed by atoms with Crippen molar-refractivity contribution in [2.75, 3.05) is 11.9 Å². The molecule has 1 heterocycles. The Kier molecular flexibility index (Phi) is 3.46. The number of aryl methyl sites for hydroxylation is 1. The fourth-order valence-corrected chi connectivity index (χ4v) is 0.890. The van der Waals surface area contributed by atoms with Crippen LogP contribution in [0.25, 0.3) is 0 Å². The van der Waals surface area contributed by atoms with E-state index < -0.39 is 18.8 Å². The Labute approximate surface area is 84.2 Å². The van der Waals surface area contributed by atoms with E-state index in [-0.39, 0.29) is 5.82 Å². The van der Waals surface area contributed by atoms with E-state index in [4.69, 9.17) is 5.11 Å². The SMILES string of the molecule is Cc1nccnc1NCC(O)C(F)(F)F. The zero-order chi connectivity index (χ0) is 11.5. The minimum atomic E-state index is -4.62. The summed E-state index contributed by atoms with van der Waals surface area (Å²) in [7, 11) is 0. The third-order valence-corrected chi connectivity index (χ3v) is 1.72. The molecule has 0 aliphatic carbocycles. The maximum absolute atomic E-state index is 11.9. The van der Waals surface area contributed by atoms with Gasteiger partial charge in [0.05, 0.1) is 12.2 Å². The highest BCUT2D eigenvalue weighted by Crippen LogP contribution is 2.20. The summed E-state index contributed by atoms with van der Waals surface area (Å²) in [5, 5.41) is 11.1. The van der Waals surface area contributed by atoms with Gasteiger partial charge < -0.3 is 10.4 Å². The summed E-state index contributed by atoms with van der Waals surface area (Å²) in [6.45, 7) is 0.971. The normalized spacial score (nSPS) is 13.7. The first kappa shape index (κ1) is 11.7. The molecule has 0 aliphatic rings. The van der Waals surface area contributed by atoms with Crippen molar-refractivity contribution in [1.82, 2.24) is 9.97 Å². The second-order valence-corrected chi connectivity index (χ2v) is 2.93. The number of halogens is 3. The minimum absolute atomic E-state index is 0.237. The van der Waals surface area contributed by atoms with E-state index in [1.54, 1.807) is 6.92 Å². The van der Waals surface area contributed by atoms with E-state index in [1.807, 2.05) is 0 Å². The van der Waals surface area contributed by atoms with Crippen LogP contribution in [0.1, 0.15) is 5.69 Å². The standard InChI is InChI=1S/C8H10F3N3O/c1-5-7(13-3-2-12-5)14-4-6(15)8(9,10)11/h2-3,6,15H,4H2,1H3,(H,13,14). The third kappa shape index (κ3) is 3.35. The number of anilines is 1. The highest BCUT2D eigenvalue weighted by molar-refractivity contribution is 5.38. The number of alkyl halides is 3. The molecule has 7 heteroatoms. The molecule has 0 aromatic carbocycles. The number of nitrogens with one attached hydrogen (secondary N) is 1. The summed E-state index contributed by atoms with van der Waals surface area (Å²) in [6.07, 6.45) is -4.24. The maximum atomic E-state index is 11.9. The molecule has 0 aliphatic heterocycles. The van der Waals surface area contributed by atoms with E-state index in [1.165, 1.54) is 12.4 Å². The largest absolute Gasteiger partial charge is 0.416 e. The van der Waals surface area contributed by atoms with Crippen LogP contribution < -0.4 is 5.32 Å². The second kappa shape index (κ2) is 4.43. The van der Waals surface area contributed by atoms with Gasteiger partial charge in [0.1, 0.15) is 5.82 Å². The fourth-order valence-electron chi connectivity index (χ4n) is 0.890. The Morgan fingerprint density at radius 3 is 2.53 bits per heavy atom. The van der Waals surface area contributed by atoms with Crippen LogP contribution in [0.15, 0.2) is 12.4 Å². The molecule has 1 rings (SSSR count). The van der Waals surface area contributed by atoms with E-state index in [0.717, 1.165) is 0 Å². The van der Waals surface area contributed by atoms with Crippen molar-refractivity contribution in [1.29, 1.82) is 0 Å². The van der Waals surface area contributed by atoms with Crippen LogP contribution in [0.3, 0.4) is 0 Å². The summed E-state index contributed by atoms with van der Waals surface area (Å²) in [5.41, 5.74) is 0.479. The zero-order valence-corrected chi connectivity index (χ0v) is 7.91. The van der Waals surface area contributed by atoms with E-state index in [0.29, 0.717) is 5.69 Å². The van der Waals surface area contributed by atoms with Crippen LogP contribution in [0, 0.1) is 6.92 Å². The lowest BCUT2D eigenvalue weighted by molar-refractivity contribution is -0.198. The van der Waals surface area contributed by atoms with Crippen molar-refractivity contribution in [3.05, 3.63) is 18.1 Å². The van der Waals surface area contributed by atoms with Gasteiger partial charge in [-0.3, -0.25) is 4.98 Å². The first-order chi connectivity index (χ1) is 6.91. The molecular formula is C8H10F3N3O. The molecule has 15 heavy (non-hydrogen) atoms.